The van der Waals surface area contributed by atoms with Crippen molar-refractivity contribution in [2.75, 3.05) is 18.5 Å². The third-order valence-corrected chi connectivity index (χ3v) is 5.44. The van der Waals surface area contributed by atoms with Crippen molar-refractivity contribution in [3.63, 3.8) is 0 Å². The van der Waals surface area contributed by atoms with Gasteiger partial charge in [0, 0.05) is 11.8 Å². The van der Waals surface area contributed by atoms with Crippen molar-refractivity contribution < 1.29 is 45.7 Å². The lowest BCUT2D eigenvalue weighted by Gasteiger charge is -2.13. The summed E-state index contributed by atoms with van der Waals surface area (Å²) in [6, 6.07) is 14.9. The number of hydrogen-bond donors (Lipinski definition) is 1. The van der Waals surface area contributed by atoms with E-state index in [-0.39, 0.29) is 24.2 Å². The number of furan rings is 1. The minimum absolute atomic E-state index is 0.000786. The first kappa shape index (κ1) is 28.3. The van der Waals surface area contributed by atoms with Crippen LogP contribution in [0, 0.1) is 23.3 Å². The second-order valence-corrected chi connectivity index (χ2v) is 8.27. The molecule has 1 aromatic heterocycles. The zero-order chi connectivity index (χ0) is 28.6. The number of amides is 1. The third kappa shape index (κ3) is 6.85. The van der Waals surface area contributed by atoms with Gasteiger partial charge in [-0.15, -0.1) is 0 Å². The fraction of sp³-hybridized carbons (Fsp3) is 0.207. The second kappa shape index (κ2) is 12.9. The molecule has 11 heteroatoms. The minimum atomic E-state index is -1.68. The number of carbonyl (C=O) groups excluding carboxylic acids is 1. The van der Waals surface area contributed by atoms with Gasteiger partial charge in [0.2, 0.25) is 11.6 Å². The summed E-state index contributed by atoms with van der Waals surface area (Å²) in [5, 5.41) is 2.64. The smallest absolute Gasteiger partial charge is 0.291 e. The maximum absolute atomic E-state index is 13.7. The average molecular weight is 560 g/mol. The van der Waals surface area contributed by atoms with Crippen molar-refractivity contribution in [1.29, 1.82) is 0 Å². The Morgan fingerprint density at radius 1 is 0.750 bits per heavy atom. The van der Waals surface area contributed by atoms with E-state index in [1.807, 2.05) is 32.0 Å². The largest absolute Gasteiger partial charge is 0.490 e. The monoisotopic (exact) mass is 559 g/mol. The van der Waals surface area contributed by atoms with Crippen LogP contribution in [0.25, 0.3) is 0 Å². The van der Waals surface area contributed by atoms with Crippen LogP contribution in [0.4, 0.5) is 23.2 Å². The van der Waals surface area contributed by atoms with Gasteiger partial charge in [-0.3, -0.25) is 4.79 Å². The first-order chi connectivity index (χ1) is 19.3. The van der Waals surface area contributed by atoms with Gasteiger partial charge in [0.05, 0.1) is 13.2 Å². The predicted octanol–water partition coefficient (Wildman–Crippen LogP) is 7.04. The van der Waals surface area contributed by atoms with E-state index in [2.05, 4.69) is 5.32 Å². The van der Waals surface area contributed by atoms with E-state index in [0.717, 1.165) is 5.56 Å². The van der Waals surface area contributed by atoms with Crippen molar-refractivity contribution in [2.24, 2.45) is 0 Å². The Morgan fingerprint density at radius 2 is 1.43 bits per heavy atom. The van der Waals surface area contributed by atoms with Crippen LogP contribution < -0.4 is 24.3 Å². The first-order valence-electron chi connectivity index (χ1n) is 12.3. The molecule has 4 aromatic rings. The molecule has 7 nitrogen and oxygen atoms in total. The van der Waals surface area contributed by atoms with Crippen molar-refractivity contribution in [2.45, 2.75) is 27.1 Å². The number of benzene rings is 3. The topological polar surface area (TPSA) is 79.2 Å². The van der Waals surface area contributed by atoms with Gasteiger partial charge in [-0.05, 0) is 67.9 Å². The lowest BCUT2D eigenvalue weighted by Crippen LogP contribution is -2.10. The first-order valence-corrected chi connectivity index (χ1v) is 12.3. The van der Waals surface area contributed by atoms with Gasteiger partial charge in [0.25, 0.3) is 5.91 Å². The van der Waals surface area contributed by atoms with E-state index in [9.17, 15) is 22.4 Å². The number of ether oxygens (including phenoxy) is 4. The number of rotatable bonds is 12. The molecule has 4 rings (SSSR count). The van der Waals surface area contributed by atoms with Gasteiger partial charge in [0.1, 0.15) is 24.7 Å². The number of carbonyl (C=O) groups is 1. The maximum atomic E-state index is 13.7. The quantitative estimate of drug-likeness (QED) is 0.148. The summed E-state index contributed by atoms with van der Waals surface area (Å²) in [6.45, 7) is 4.52. The molecule has 0 fully saturated rings. The molecular formula is C29H25F4NO6. The lowest BCUT2D eigenvalue weighted by atomic mass is 10.2. The highest BCUT2D eigenvalue weighted by Crippen LogP contribution is 2.30. The van der Waals surface area contributed by atoms with Crippen molar-refractivity contribution >= 4 is 11.6 Å². The van der Waals surface area contributed by atoms with Gasteiger partial charge in [-0.25, -0.2) is 8.78 Å². The van der Waals surface area contributed by atoms with Gasteiger partial charge < -0.3 is 28.7 Å². The predicted molar refractivity (Wildman–Crippen MR) is 137 cm³/mol. The summed E-state index contributed by atoms with van der Waals surface area (Å²) in [7, 11) is 0. The molecule has 0 spiro atoms. The normalized spacial score (nSPS) is 10.8. The molecule has 0 aliphatic rings. The highest BCUT2D eigenvalue weighted by molar-refractivity contribution is 6.02. The molecule has 0 aliphatic carbocycles. The Bertz CT molecular complexity index is 1450. The van der Waals surface area contributed by atoms with Crippen LogP contribution in [0.3, 0.4) is 0 Å². The Morgan fingerprint density at radius 3 is 2.10 bits per heavy atom. The zero-order valence-corrected chi connectivity index (χ0v) is 21.6. The Labute approximate surface area is 227 Å². The van der Waals surface area contributed by atoms with E-state index in [1.165, 1.54) is 12.1 Å². The van der Waals surface area contributed by atoms with Crippen molar-refractivity contribution in [3.8, 4) is 23.0 Å². The summed E-state index contributed by atoms with van der Waals surface area (Å²) >= 11 is 0. The van der Waals surface area contributed by atoms with Crippen LogP contribution in [0.5, 0.6) is 23.0 Å². The molecule has 0 aliphatic heterocycles. The van der Waals surface area contributed by atoms with Crippen LogP contribution in [0.2, 0.25) is 0 Å². The molecule has 0 radical (unpaired) electrons. The molecule has 40 heavy (non-hydrogen) atoms. The molecule has 1 N–H and O–H groups in total. The Hall–Kier alpha value is -4.67. The van der Waals surface area contributed by atoms with Gasteiger partial charge >= 0.3 is 0 Å². The molecule has 0 unspecified atom stereocenters. The molecule has 0 bridgehead atoms. The van der Waals surface area contributed by atoms with Crippen LogP contribution in [0.15, 0.2) is 65.1 Å². The fourth-order valence-electron chi connectivity index (χ4n) is 3.58. The minimum Gasteiger partial charge on any atom is -0.490 e. The van der Waals surface area contributed by atoms with Gasteiger partial charge in [-0.2, -0.15) is 8.78 Å². The Kier molecular flexibility index (Phi) is 9.15. The van der Waals surface area contributed by atoms with Crippen LogP contribution >= 0.6 is 0 Å². The molecule has 0 saturated heterocycles. The van der Waals surface area contributed by atoms with E-state index >= 15 is 0 Å². The molecule has 210 valence electrons. The van der Waals surface area contributed by atoms with E-state index in [4.69, 9.17) is 23.4 Å². The summed E-state index contributed by atoms with van der Waals surface area (Å²) in [6.07, 6.45) is 0. The number of hydrogen-bond acceptors (Lipinski definition) is 6. The molecule has 1 heterocycles. The van der Waals surface area contributed by atoms with Gasteiger partial charge in [0.15, 0.2) is 34.6 Å². The van der Waals surface area contributed by atoms with E-state index in [0.29, 0.717) is 36.1 Å². The number of anilines is 1. The standard InChI is InChI=1S/C29H25F4NO6/c1-3-36-23-11-5-17(13-25(23)37-4-2)15-38-19-8-6-18(7-9-19)34-29(35)24-12-10-20(40-24)16-39-28-26(32)21(30)14-22(31)27(28)33/h5-14H,3-4,15-16H2,1-2H3,(H,34,35). The van der Waals surface area contributed by atoms with Crippen LogP contribution in [-0.4, -0.2) is 19.1 Å². The van der Waals surface area contributed by atoms with Crippen LogP contribution in [-0.2, 0) is 13.2 Å². The van der Waals surface area contributed by atoms with Crippen molar-refractivity contribution in [1.82, 2.24) is 0 Å². The fourth-order valence-corrected chi connectivity index (χ4v) is 3.58. The van der Waals surface area contributed by atoms with Gasteiger partial charge in [-0.1, -0.05) is 6.07 Å². The second-order valence-electron chi connectivity index (χ2n) is 8.27. The summed E-state index contributed by atoms with van der Waals surface area (Å²) in [5.74, 6) is -6.64. The molecule has 0 atom stereocenters. The maximum Gasteiger partial charge on any atom is 0.291 e. The zero-order valence-electron chi connectivity index (χ0n) is 21.6. The molecule has 1 amide bonds. The molecule has 0 saturated carbocycles. The number of nitrogens with one attached hydrogen (secondary N) is 1. The summed E-state index contributed by atoms with van der Waals surface area (Å²) in [4.78, 5) is 12.5. The highest BCUT2D eigenvalue weighted by Gasteiger charge is 2.21. The van der Waals surface area contributed by atoms with Crippen molar-refractivity contribution in [3.05, 3.63) is 101 Å². The summed E-state index contributed by atoms with van der Waals surface area (Å²) in [5.41, 5.74) is 1.33. The number of halogens is 4. The molecular weight excluding hydrogens is 534 g/mol. The average Bonchev–Trinajstić information content (AvgIpc) is 3.42. The third-order valence-electron chi connectivity index (χ3n) is 5.44. The van der Waals surface area contributed by atoms with E-state index < -0.39 is 41.5 Å². The SMILES string of the molecule is CCOc1ccc(COc2ccc(NC(=O)c3ccc(COc4c(F)c(F)cc(F)c4F)o3)cc2)cc1OCC. The van der Waals surface area contributed by atoms with E-state index in [1.54, 1.807) is 24.3 Å². The van der Waals surface area contributed by atoms with Crippen LogP contribution in [0.1, 0.15) is 35.7 Å². The molecule has 3 aromatic carbocycles. The lowest BCUT2D eigenvalue weighted by molar-refractivity contribution is 0.0992. The summed E-state index contributed by atoms with van der Waals surface area (Å²) < 4.78 is 81.4. The highest BCUT2D eigenvalue weighted by atomic mass is 19.2. The Balaban J connectivity index is 1.31.